The minimum absolute atomic E-state index is 0.0320. The highest BCUT2D eigenvalue weighted by Crippen LogP contribution is 2.34. The molecule has 1 saturated heterocycles. The number of benzene rings is 1. The Hall–Kier alpha value is -2.43. The molecule has 1 aliphatic carbocycles. The third kappa shape index (κ3) is 3.08. The van der Waals surface area contributed by atoms with E-state index in [-0.39, 0.29) is 19.0 Å². The van der Waals surface area contributed by atoms with Crippen LogP contribution in [-0.2, 0) is 14.3 Å². The highest BCUT2D eigenvalue weighted by Gasteiger charge is 2.22. The molecular formula is C17H18O5. The van der Waals surface area contributed by atoms with Gasteiger partial charge in [-0.1, -0.05) is 19.1 Å². The first-order valence-electron chi connectivity index (χ1n) is 7.35. The van der Waals surface area contributed by atoms with Crippen molar-refractivity contribution < 1.29 is 23.7 Å². The molecule has 0 amide bonds. The van der Waals surface area contributed by atoms with Crippen molar-refractivity contribution in [3.8, 4) is 11.5 Å². The van der Waals surface area contributed by atoms with Crippen LogP contribution in [0.5, 0.6) is 11.5 Å². The highest BCUT2D eigenvalue weighted by molar-refractivity contribution is 5.58. The molecule has 1 fully saturated rings. The van der Waals surface area contributed by atoms with E-state index in [1.54, 1.807) is 6.08 Å². The van der Waals surface area contributed by atoms with Crippen LogP contribution in [0.25, 0.3) is 0 Å². The second-order valence-electron chi connectivity index (χ2n) is 5.06. The number of ether oxygens (including phenoxy) is 4. The number of hydrogen-bond donors (Lipinski definition) is 0. The van der Waals surface area contributed by atoms with Gasteiger partial charge >= 0.3 is 0 Å². The first kappa shape index (κ1) is 14.5. The second-order valence-corrected chi connectivity index (χ2v) is 5.06. The summed E-state index contributed by atoms with van der Waals surface area (Å²) in [5.41, 5.74) is 0. The lowest BCUT2D eigenvalue weighted by atomic mass is 10.0. The summed E-state index contributed by atoms with van der Waals surface area (Å²) < 4.78 is 21.1. The molecule has 0 saturated carbocycles. The summed E-state index contributed by atoms with van der Waals surface area (Å²) in [5, 5.41) is 0. The van der Waals surface area contributed by atoms with Crippen molar-refractivity contribution in [2.75, 3.05) is 6.79 Å². The van der Waals surface area contributed by atoms with E-state index in [1.165, 1.54) is 0 Å². The first-order valence-corrected chi connectivity index (χ1v) is 7.35. The lowest BCUT2D eigenvalue weighted by Crippen LogP contribution is -2.15. The van der Waals surface area contributed by atoms with Crippen molar-refractivity contribution in [2.24, 2.45) is 5.92 Å². The topological polar surface area (TPSA) is 54.0 Å². The van der Waals surface area contributed by atoms with Crippen molar-refractivity contribution in [1.29, 1.82) is 0 Å². The maximum atomic E-state index is 10.4. The van der Waals surface area contributed by atoms with Gasteiger partial charge in [0.2, 0.25) is 13.1 Å². The fourth-order valence-electron chi connectivity index (χ4n) is 2.31. The Kier molecular flexibility index (Phi) is 4.32. The van der Waals surface area contributed by atoms with Crippen LogP contribution in [0.3, 0.4) is 0 Å². The van der Waals surface area contributed by atoms with E-state index in [1.807, 2.05) is 37.3 Å². The standard InChI is InChI=1S/C9H10O2.C8H8O3/c1-2-9-10-7-5-3-4-6-8(7)11-9;9-4-6-1-2-7-8(3-6)11-5-10-7/h3-6,9H,2H2,1H3;2-4,6H,1,5H2. The molecule has 2 aliphatic heterocycles. The van der Waals surface area contributed by atoms with Crippen LogP contribution in [0.1, 0.15) is 19.8 Å². The Labute approximate surface area is 129 Å². The summed E-state index contributed by atoms with van der Waals surface area (Å²) in [7, 11) is 0. The summed E-state index contributed by atoms with van der Waals surface area (Å²) in [6.45, 7) is 2.32. The van der Waals surface area contributed by atoms with Crippen molar-refractivity contribution >= 4 is 6.29 Å². The molecule has 1 unspecified atom stereocenters. The fourth-order valence-corrected chi connectivity index (χ4v) is 2.31. The largest absolute Gasteiger partial charge is 0.454 e. The minimum atomic E-state index is -0.0765. The van der Waals surface area contributed by atoms with Crippen molar-refractivity contribution in [3.05, 3.63) is 47.9 Å². The van der Waals surface area contributed by atoms with Crippen LogP contribution >= 0.6 is 0 Å². The van der Waals surface area contributed by atoms with E-state index in [9.17, 15) is 4.79 Å². The van der Waals surface area contributed by atoms with Gasteiger partial charge in [-0.3, -0.25) is 0 Å². The van der Waals surface area contributed by atoms with Crippen molar-refractivity contribution in [2.45, 2.75) is 26.1 Å². The van der Waals surface area contributed by atoms with E-state index in [2.05, 4.69) is 0 Å². The lowest BCUT2D eigenvalue weighted by molar-refractivity contribution is -0.109. The summed E-state index contributed by atoms with van der Waals surface area (Å²) in [6, 6.07) is 7.73. The molecular weight excluding hydrogens is 284 g/mol. The van der Waals surface area contributed by atoms with Gasteiger partial charge in [0.1, 0.15) is 6.29 Å². The van der Waals surface area contributed by atoms with Crippen LogP contribution in [0.15, 0.2) is 47.9 Å². The van der Waals surface area contributed by atoms with Gasteiger partial charge in [-0.2, -0.15) is 0 Å². The van der Waals surface area contributed by atoms with E-state index in [0.29, 0.717) is 5.76 Å². The van der Waals surface area contributed by atoms with Crippen molar-refractivity contribution in [1.82, 2.24) is 0 Å². The number of aldehydes is 1. The molecule has 0 N–H and O–H groups in total. The molecule has 0 bridgehead atoms. The molecule has 1 atom stereocenters. The quantitative estimate of drug-likeness (QED) is 0.785. The Balaban J connectivity index is 0.000000131. The maximum absolute atomic E-state index is 10.4. The molecule has 3 aliphatic rings. The second kappa shape index (κ2) is 6.56. The summed E-state index contributed by atoms with van der Waals surface area (Å²) in [5.74, 6) is 3.19. The number of rotatable bonds is 2. The van der Waals surface area contributed by atoms with Crippen LogP contribution in [0.4, 0.5) is 0 Å². The summed E-state index contributed by atoms with van der Waals surface area (Å²) >= 11 is 0. The predicted octanol–water partition coefficient (Wildman–Crippen LogP) is 3.17. The number of carbonyl (C=O) groups excluding carboxylic acids is 1. The number of para-hydroxylation sites is 2. The van der Waals surface area contributed by atoms with Gasteiger partial charge in [0, 0.05) is 12.3 Å². The molecule has 2 heterocycles. The number of allylic oxidation sites excluding steroid dienone is 2. The predicted molar refractivity (Wildman–Crippen MR) is 79.2 cm³/mol. The molecule has 116 valence electrons. The molecule has 1 aromatic rings. The molecule has 5 nitrogen and oxygen atoms in total. The van der Waals surface area contributed by atoms with Crippen LogP contribution < -0.4 is 9.47 Å². The van der Waals surface area contributed by atoms with Crippen LogP contribution in [0.2, 0.25) is 0 Å². The van der Waals surface area contributed by atoms with Crippen LogP contribution in [0, 0.1) is 5.92 Å². The Morgan fingerprint density at radius 2 is 1.82 bits per heavy atom. The van der Waals surface area contributed by atoms with Gasteiger partial charge in [-0.15, -0.1) is 0 Å². The smallest absolute Gasteiger partial charge is 0.241 e. The maximum Gasteiger partial charge on any atom is 0.241 e. The van der Waals surface area contributed by atoms with Crippen LogP contribution in [-0.4, -0.2) is 19.4 Å². The Morgan fingerprint density at radius 1 is 1.14 bits per heavy atom. The zero-order valence-electron chi connectivity index (χ0n) is 12.4. The molecule has 22 heavy (non-hydrogen) atoms. The molecule has 1 aromatic carbocycles. The molecule has 5 heteroatoms. The van der Waals surface area contributed by atoms with Gasteiger partial charge in [0.15, 0.2) is 23.0 Å². The van der Waals surface area contributed by atoms with Gasteiger partial charge in [0.05, 0.1) is 0 Å². The third-order valence-electron chi connectivity index (χ3n) is 3.49. The van der Waals surface area contributed by atoms with E-state index < -0.39 is 0 Å². The molecule has 4 rings (SSSR count). The average molecular weight is 302 g/mol. The first-order chi connectivity index (χ1) is 10.8. The van der Waals surface area contributed by atoms with E-state index in [0.717, 1.165) is 36.4 Å². The monoisotopic (exact) mass is 302 g/mol. The van der Waals surface area contributed by atoms with E-state index >= 15 is 0 Å². The van der Waals surface area contributed by atoms with Gasteiger partial charge in [-0.25, -0.2) is 0 Å². The molecule has 0 spiro atoms. The SMILES string of the molecule is CCC1Oc2ccccc2O1.O=CC1C=C2OCOC2=CC1. The number of carbonyl (C=O) groups is 1. The zero-order chi connectivity index (χ0) is 15.4. The molecule has 0 radical (unpaired) electrons. The number of hydrogen-bond acceptors (Lipinski definition) is 5. The Bertz CT molecular complexity index is 580. The van der Waals surface area contributed by atoms with Crippen molar-refractivity contribution in [3.63, 3.8) is 0 Å². The van der Waals surface area contributed by atoms with E-state index in [4.69, 9.17) is 18.9 Å². The molecule has 0 aromatic heterocycles. The number of fused-ring (bicyclic) bond motifs is 2. The third-order valence-corrected chi connectivity index (χ3v) is 3.49. The lowest BCUT2D eigenvalue weighted by Gasteiger charge is -2.08. The van der Waals surface area contributed by atoms with Gasteiger partial charge in [0.25, 0.3) is 0 Å². The average Bonchev–Trinajstić information content (AvgIpc) is 3.20. The fraction of sp³-hybridized carbons (Fsp3) is 0.353. The van der Waals surface area contributed by atoms with Gasteiger partial charge in [-0.05, 0) is 30.7 Å². The minimum Gasteiger partial charge on any atom is -0.454 e. The summed E-state index contributed by atoms with van der Waals surface area (Å²) in [6.07, 6.45) is 6.14. The zero-order valence-corrected chi connectivity index (χ0v) is 12.4. The highest BCUT2D eigenvalue weighted by atomic mass is 16.7. The van der Waals surface area contributed by atoms with Gasteiger partial charge < -0.3 is 23.7 Å². The normalized spacial score (nSPS) is 21.4. The Morgan fingerprint density at radius 3 is 2.45 bits per heavy atom. The summed E-state index contributed by atoms with van der Waals surface area (Å²) in [4.78, 5) is 10.4.